The summed E-state index contributed by atoms with van der Waals surface area (Å²) in [5.41, 5.74) is 3.05. The standard InChI is InChI=1S/C23H24ClN5O/c1-17(2)14-28-10-9-26-23(28)19-4-3-5-21(13-19)30-11-8-18-12-20(24)6-7-22(18)29-16-25-15-27-29/h3-7,9-10,12-13,15-17H,8,11,14H2,1-2H3. The molecule has 154 valence electrons. The summed E-state index contributed by atoms with van der Waals surface area (Å²) in [5.74, 6) is 2.32. The average molecular weight is 422 g/mol. The Balaban J connectivity index is 1.47. The van der Waals surface area contributed by atoms with Gasteiger partial charge in [-0.25, -0.2) is 14.6 Å². The molecule has 7 heteroatoms. The Kier molecular flexibility index (Phi) is 6.14. The Labute approximate surface area is 181 Å². The maximum absolute atomic E-state index is 6.21. The van der Waals surface area contributed by atoms with E-state index in [1.165, 1.54) is 6.33 Å². The normalized spacial score (nSPS) is 11.2. The molecule has 0 spiro atoms. The van der Waals surface area contributed by atoms with Crippen molar-refractivity contribution in [2.75, 3.05) is 6.61 Å². The van der Waals surface area contributed by atoms with Gasteiger partial charge in [-0.1, -0.05) is 37.6 Å². The molecule has 6 nitrogen and oxygen atoms in total. The molecule has 0 saturated heterocycles. The zero-order valence-corrected chi connectivity index (χ0v) is 17.8. The molecule has 0 amide bonds. The largest absolute Gasteiger partial charge is 0.493 e. The van der Waals surface area contributed by atoms with E-state index in [4.69, 9.17) is 16.3 Å². The molecule has 4 rings (SSSR count). The molecule has 2 aromatic carbocycles. The van der Waals surface area contributed by atoms with Crippen LogP contribution in [0, 0.1) is 5.92 Å². The van der Waals surface area contributed by atoms with Crippen LogP contribution in [0.25, 0.3) is 17.1 Å². The molecule has 0 aliphatic rings. The molecule has 4 aromatic rings. The highest BCUT2D eigenvalue weighted by molar-refractivity contribution is 6.30. The number of rotatable bonds is 8. The molecule has 2 heterocycles. The van der Waals surface area contributed by atoms with Crippen molar-refractivity contribution in [3.05, 3.63) is 78.1 Å². The van der Waals surface area contributed by atoms with Crippen molar-refractivity contribution in [3.63, 3.8) is 0 Å². The first-order valence-electron chi connectivity index (χ1n) is 9.98. The third-order valence-electron chi connectivity index (χ3n) is 4.72. The fourth-order valence-corrected chi connectivity index (χ4v) is 3.62. The van der Waals surface area contributed by atoms with Crippen LogP contribution >= 0.6 is 11.6 Å². The van der Waals surface area contributed by atoms with Crippen LogP contribution in [0.5, 0.6) is 5.75 Å². The predicted octanol–water partition coefficient (Wildman–Crippen LogP) is 5.06. The van der Waals surface area contributed by atoms with Gasteiger partial charge < -0.3 is 9.30 Å². The van der Waals surface area contributed by atoms with E-state index in [2.05, 4.69) is 39.5 Å². The van der Waals surface area contributed by atoms with Crippen LogP contribution in [0.4, 0.5) is 0 Å². The SMILES string of the molecule is CC(C)Cn1ccnc1-c1cccc(OCCc2cc(Cl)ccc2-n2cncn2)c1. The summed E-state index contributed by atoms with van der Waals surface area (Å²) in [7, 11) is 0. The molecule has 0 bridgehead atoms. The Hall–Kier alpha value is -3.12. The topological polar surface area (TPSA) is 57.8 Å². The lowest BCUT2D eigenvalue weighted by atomic mass is 10.1. The molecular weight excluding hydrogens is 398 g/mol. The van der Waals surface area contributed by atoms with Crippen molar-refractivity contribution < 1.29 is 4.74 Å². The summed E-state index contributed by atoms with van der Waals surface area (Å²) in [4.78, 5) is 8.56. The van der Waals surface area contributed by atoms with E-state index in [9.17, 15) is 0 Å². The van der Waals surface area contributed by atoms with Gasteiger partial charge >= 0.3 is 0 Å². The van der Waals surface area contributed by atoms with E-state index in [1.807, 2.05) is 48.8 Å². The number of halogens is 1. The van der Waals surface area contributed by atoms with Crippen LogP contribution in [-0.2, 0) is 13.0 Å². The maximum Gasteiger partial charge on any atom is 0.140 e. The van der Waals surface area contributed by atoms with Gasteiger partial charge in [-0.05, 0) is 41.8 Å². The quantitative estimate of drug-likeness (QED) is 0.399. The van der Waals surface area contributed by atoms with E-state index in [-0.39, 0.29) is 0 Å². The van der Waals surface area contributed by atoms with Crippen molar-refractivity contribution in [1.82, 2.24) is 24.3 Å². The lowest BCUT2D eigenvalue weighted by Gasteiger charge is -2.13. The van der Waals surface area contributed by atoms with Crippen molar-refractivity contribution in [3.8, 4) is 22.8 Å². The fraction of sp³-hybridized carbons (Fsp3) is 0.261. The fourth-order valence-electron chi connectivity index (χ4n) is 3.42. The van der Waals surface area contributed by atoms with E-state index in [1.54, 1.807) is 11.0 Å². The number of hydrogen-bond acceptors (Lipinski definition) is 4. The highest BCUT2D eigenvalue weighted by Gasteiger charge is 2.10. The first-order valence-corrected chi connectivity index (χ1v) is 10.4. The van der Waals surface area contributed by atoms with Gasteiger partial charge in [-0.15, -0.1) is 0 Å². The van der Waals surface area contributed by atoms with Gasteiger partial charge in [0, 0.05) is 35.9 Å². The predicted molar refractivity (Wildman–Crippen MR) is 118 cm³/mol. The summed E-state index contributed by atoms with van der Waals surface area (Å²) >= 11 is 6.21. The van der Waals surface area contributed by atoms with E-state index in [0.29, 0.717) is 24.0 Å². The van der Waals surface area contributed by atoms with E-state index >= 15 is 0 Å². The summed E-state index contributed by atoms with van der Waals surface area (Å²) in [6, 6.07) is 13.8. The molecule has 2 aromatic heterocycles. The third kappa shape index (κ3) is 4.71. The Morgan fingerprint density at radius 1 is 1.13 bits per heavy atom. The Bertz CT molecular complexity index is 1100. The second kappa shape index (κ2) is 9.13. The first-order chi connectivity index (χ1) is 14.6. The van der Waals surface area contributed by atoms with E-state index in [0.717, 1.165) is 34.9 Å². The molecule has 0 radical (unpaired) electrons. The van der Waals surface area contributed by atoms with Crippen molar-refractivity contribution in [2.24, 2.45) is 5.92 Å². The second-order valence-corrected chi connectivity index (χ2v) is 7.97. The number of aromatic nitrogens is 5. The number of hydrogen-bond donors (Lipinski definition) is 0. The summed E-state index contributed by atoms with van der Waals surface area (Å²) < 4.78 is 9.97. The van der Waals surface area contributed by atoms with Crippen molar-refractivity contribution in [2.45, 2.75) is 26.8 Å². The minimum Gasteiger partial charge on any atom is -0.493 e. The van der Waals surface area contributed by atoms with Crippen LogP contribution < -0.4 is 4.74 Å². The van der Waals surface area contributed by atoms with Gasteiger partial charge in [-0.3, -0.25) is 0 Å². The third-order valence-corrected chi connectivity index (χ3v) is 4.95. The molecule has 0 N–H and O–H groups in total. The van der Waals surface area contributed by atoms with Crippen LogP contribution in [0.2, 0.25) is 5.02 Å². The molecule has 0 atom stereocenters. The van der Waals surface area contributed by atoms with Gasteiger partial charge in [0.25, 0.3) is 0 Å². The molecule has 0 fully saturated rings. The van der Waals surface area contributed by atoms with Crippen LogP contribution in [-0.4, -0.2) is 30.9 Å². The van der Waals surface area contributed by atoms with Gasteiger partial charge in [0.05, 0.1) is 12.3 Å². The zero-order chi connectivity index (χ0) is 20.9. The van der Waals surface area contributed by atoms with Gasteiger partial charge in [0.15, 0.2) is 0 Å². The van der Waals surface area contributed by atoms with Crippen LogP contribution in [0.1, 0.15) is 19.4 Å². The minimum atomic E-state index is 0.520. The highest BCUT2D eigenvalue weighted by Crippen LogP contribution is 2.24. The lowest BCUT2D eigenvalue weighted by molar-refractivity contribution is 0.322. The van der Waals surface area contributed by atoms with Gasteiger partial charge in [0.2, 0.25) is 0 Å². The second-order valence-electron chi connectivity index (χ2n) is 7.54. The zero-order valence-electron chi connectivity index (χ0n) is 17.1. The smallest absolute Gasteiger partial charge is 0.140 e. The van der Waals surface area contributed by atoms with Gasteiger partial charge in [-0.2, -0.15) is 5.10 Å². The Morgan fingerprint density at radius 3 is 2.83 bits per heavy atom. The first kappa shape index (κ1) is 20.2. The molecule has 0 aliphatic heterocycles. The molecule has 0 unspecified atom stereocenters. The summed E-state index contributed by atoms with van der Waals surface area (Å²) in [5, 5.41) is 4.91. The minimum absolute atomic E-state index is 0.520. The molecule has 30 heavy (non-hydrogen) atoms. The number of ether oxygens (including phenoxy) is 1. The summed E-state index contributed by atoms with van der Waals surface area (Å²) in [6.45, 7) is 5.85. The average Bonchev–Trinajstić information content (AvgIpc) is 3.40. The van der Waals surface area contributed by atoms with Crippen molar-refractivity contribution in [1.29, 1.82) is 0 Å². The van der Waals surface area contributed by atoms with Crippen LogP contribution in [0.15, 0.2) is 67.5 Å². The maximum atomic E-state index is 6.21. The number of nitrogens with zero attached hydrogens (tertiary/aromatic N) is 5. The lowest BCUT2D eigenvalue weighted by Crippen LogP contribution is -2.07. The molecular formula is C23H24ClN5O. The monoisotopic (exact) mass is 421 g/mol. The van der Waals surface area contributed by atoms with E-state index < -0.39 is 0 Å². The molecule has 0 aliphatic carbocycles. The van der Waals surface area contributed by atoms with Crippen LogP contribution in [0.3, 0.4) is 0 Å². The number of benzene rings is 2. The Morgan fingerprint density at radius 2 is 2.03 bits per heavy atom. The number of imidazole rings is 1. The van der Waals surface area contributed by atoms with Crippen molar-refractivity contribution >= 4 is 11.6 Å². The molecule has 0 saturated carbocycles. The summed E-state index contributed by atoms with van der Waals surface area (Å²) in [6.07, 6.45) is 7.76. The highest BCUT2D eigenvalue weighted by atomic mass is 35.5. The van der Waals surface area contributed by atoms with Gasteiger partial charge in [0.1, 0.15) is 24.2 Å².